The molecule has 2 rings (SSSR count). The number of rotatable bonds is 4. The summed E-state index contributed by atoms with van der Waals surface area (Å²) in [5, 5.41) is 3.53. The van der Waals surface area contributed by atoms with Crippen molar-refractivity contribution in [2.75, 3.05) is 0 Å². The lowest BCUT2D eigenvalue weighted by atomic mass is 9.99. The highest BCUT2D eigenvalue weighted by Crippen LogP contribution is 2.28. The zero-order valence-electron chi connectivity index (χ0n) is 9.26. The number of hydrogen-bond acceptors (Lipinski definition) is 2. The van der Waals surface area contributed by atoms with E-state index in [-0.39, 0.29) is 0 Å². The molecule has 0 spiro atoms. The lowest BCUT2D eigenvalue weighted by Crippen LogP contribution is -2.17. The van der Waals surface area contributed by atoms with Crippen molar-refractivity contribution in [3.63, 3.8) is 0 Å². The van der Waals surface area contributed by atoms with Gasteiger partial charge in [-0.2, -0.15) is 0 Å². The van der Waals surface area contributed by atoms with Crippen LogP contribution in [-0.4, -0.2) is 11.0 Å². The van der Waals surface area contributed by atoms with Crippen molar-refractivity contribution in [3.8, 4) is 0 Å². The Morgan fingerprint density at radius 3 is 2.80 bits per heavy atom. The average Bonchev–Trinajstić information content (AvgIpc) is 2.97. The van der Waals surface area contributed by atoms with Crippen molar-refractivity contribution >= 4 is 15.9 Å². The molecule has 1 saturated carbocycles. The zero-order chi connectivity index (χ0) is 10.8. The fourth-order valence-corrected chi connectivity index (χ4v) is 2.65. The van der Waals surface area contributed by atoms with Crippen molar-refractivity contribution in [1.29, 1.82) is 0 Å². The minimum Gasteiger partial charge on any atom is -0.310 e. The molecule has 82 valence electrons. The number of nitrogens with one attached hydrogen (secondary N) is 1. The third-order valence-corrected chi connectivity index (χ3v) is 3.39. The molecule has 0 aliphatic heterocycles. The van der Waals surface area contributed by atoms with Crippen molar-refractivity contribution in [3.05, 3.63) is 28.0 Å². The monoisotopic (exact) mass is 268 g/mol. The third kappa shape index (κ3) is 2.79. The second-order valence-electron chi connectivity index (χ2n) is 4.50. The normalized spacial score (nSPS) is 16.0. The maximum Gasteiger partial charge on any atom is 0.0413 e. The Morgan fingerprint density at radius 1 is 1.47 bits per heavy atom. The molecule has 0 aromatic carbocycles. The Bertz CT molecular complexity index is 345. The van der Waals surface area contributed by atoms with E-state index in [0.29, 0.717) is 5.92 Å². The molecular formula is C12H17BrN2. The molecule has 0 atom stereocenters. The van der Waals surface area contributed by atoms with Gasteiger partial charge in [0.15, 0.2) is 0 Å². The van der Waals surface area contributed by atoms with Crippen LogP contribution in [0, 0.1) is 0 Å². The first kappa shape index (κ1) is 11.1. The van der Waals surface area contributed by atoms with Crippen LogP contribution in [0.15, 0.2) is 16.9 Å². The lowest BCUT2D eigenvalue weighted by molar-refractivity contribution is 0.672. The van der Waals surface area contributed by atoms with Gasteiger partial charge in [-0.3, -0.25) is 4.98 Å². The first-order chi connectivity index (χ1) is 7.18. The summed E-state index contributed by atoms with van der Waals surface area (Å²) in [7, 11) is 0. The van der Waals surface area contributed by atoms with Gasteiger partial charge in [-0.1, -0.05) is 13.8 Å². The zero-order valence-corrected chi connectivity index (χ0v) is 10.8. The van der Waals surface area contributed by atoms with Gasteiger partial charge in [0.2, 0.25) is 0 Å². The molecule has 0 saturated heterocycles. The van der Waals surface area contributed by atoms with Crippen LogP contribution in [-0.2, 0) is 6.54 Å². The molecule has 0 radical (unpaired) electrons. The molecule has 15 heavy (non-hydrogen) atoms. The number of pyridine rings is 1. The number of hydrogen-bond donors (Lipinski definition) is 1. The van der Waals surface area contributed by atoms with E-state index in [4.69, 9.17) is 0 Å². The minimum absolute atomic E-state index is 0.540. The number of aromatic nitrogens is 1. The Morgan fingerprint density at radius 2 is 2.20 bits per heavy atom. The highest BCUT2D eigenvalue weighted by Gasteiger charge is 2.21. The van der Waals surface area contributed by atoms with Crippen LogP contribution in [0.2, 0.25) is 0 Å². The molecule has 1 aromatic heterocycles. The molecule has 1 fully saturated rings. The van der Waals surface area contributed by atoms with Gasteiger partial charge in [0.05, 0.1) is 0 Å². The van der Waals surface area contributed by atoms with Crippen LogP contribution >= 0.6 is 15.9 Å². The summed E-state index contributed by atoms with van der Waals surface area (Å²) < 4.78 is 1.13. The summed E-state index contributed by atoms with van der Waals surface area (Å²) in [6, 6.07) is 0.754. The topological polar surface area (TPSA) is 24.9 Å². The molecule has 0 amide bonds. The van der Waals surface area contributed by atoms with Crippen LogP contribution in [0.5, 0.6) is 0 Å². The summed E-state index contributed by atoms with van der Waals surface area (Å²) in [4.78, 5) is 4.24. The van der Waals surface area contributed by atoms with Crippen LogP contribution in [0.1, 0.15) is 43.7 Å². The van der Waals surface area contributed by atoms with Crippen molar-refractivity contribution in [2.45, 2.75) is 45.2 Å². The van der Waals surface area contributed by atoms with Crippen molar-refractivity contribution in [1.82, 2.24) is 10.3 Å². The first-order valence-electron chi connectivity index (χ1n) is 5.54. The quantitative estimate of drug-likeness (QED) is 0.907. The van der Waals surface area contributed by atoms with E-state index in [9.17, 15) is 0 Å². The Balaban J connectivity index is 2.15. The van der Waals surface area contributed by atoms with Gasteiger partial charge in [-0.15, -0.1) is 0 Å². The molecule has 1 aliphatic rings. The first-order valence-corrected chi connectivity index (χ1v) is 6.33. The Kier molecular flexibility index (Phi) is 3.42. The van der Waals surface area contributed by atoms with Gasteiger partial charge < -0.3 is 5.32 Å². The molecule has 2 nitrogen and oxygen atoms in total. The number of nitrogens with zero attached hydrogens (tertiary/aromatic N) is 1. The standard InChI is InChI=1S/C12H17BrN2/c1-8(2)12-9(5-14-7-11(12)13)6-15-10-3-4-10/h5,7-8,10,15H,3-4,6H2,1-2H3. The fourth-order valence-electron chi connectivity index (χ4n) is 1.81. The predicted molar refractivity (Wildman–Crippen MR) is 65.9 cm³/mol. The van der Waals surface area contributed by atoms with E-state index in [1.54, 1.807) is 0 Å². The van der Waals surface area contributed by atoms with Crippen LogP contribution in [0.4, 0.5) is 0 Å². The van der Waals surface area contributed by atoms with Crippen molar-refractivity contribution < 1.29 is 0 Å². The second kappa shape index (κ2) is 4.62. The average molecular weight is 269 g/mol. The molecule has 1 aromatic rings. The Labute approximate surface area is 99.6 Å². The van der Waals surface area contributed by atoms with E-state index in [1.165, 1.54) is 24.0 Å². The van der Waals surface area contributed by atoms with Crippen LogP contribution in [0.3, 0.4) is 0 Å². The lowest BCUT2D eigenvalue weighted by Gasteiger charge is -2.14. The molecule has 3 heteroatoms. The predicted octanol–water partition coefficient (Wildman–Crippen LogP) is 3.22. The summed E-state index contributed by atoms with van der Waals surface area (Å²) >= 11 is 3.58. The van der Waals surface area contributed by atoms with Gasteiger partial charge >= 0.3 is 0 Å². The minimum atomic E-state index is 0.540. The van der Waals surface area contributed by atoms with Gasteiger partial charge in [-0.05, 0) is 45.8 Å². The largest absolute Gasteiger partial charge is 0.310 e. The van der Waals surface area contributed by atoms with Gasteiger partial charge in [0.25, 0.3) is 0 Å². The maximum atomic E-state index is 4.24. The van der Waals surface area contributed by atoms with Crippen LogP contribution < -0.4 is 5.32 Å². The number of halogens is 1. The van der Waals surface area contributed by atoms with Crippen molar-refractivity contribution in [2.24, 2.45) is 0 Å². The van der Waals surface area contributed by atoms with E-state index in [0.717, 1.165) is 17.1 Å². The molecule has 1 aliphatic carbocycles. The summed E-state index contributed by atoms with van der Waals surface area (Å²) in [6.07, 6.45) is 6.53. The maximum absolute atomic E-state index is 4.24. The van der Waals surface area contributed by atoms with E-state index in [2.05, 4.69) is 40.1 Å². The SMILES string of the molecule is CC(C)c1c(Br)cncc1CNC1CC1. The van der Waals surface area contributed by atoms with E-state index >= 15 is 0 Å². The third-order valence-electron chi connectivity index (χ3n) is 2.76. The van der Waals surface area contributed by atoms with E-state index < -0.39 is 0 Å². The molecule has 0 bridgehead atoms. The van der Waals surface area contributed by atoms with E-state index in [1.807, 2.05) is 12.4 Å². The highest BCUT2D eigenvalue weighted by atomic mass is 79.9. The van der Waals surface area contributed by atoms with Gasteiger partial charge in [0.1, 0.15) is 0 Å². The Hall–Kier alpha value is -0.410. The summed E-state index contributed by atoms with van der Waals surface area (Å²) in [6.45, 7) is 5.39. The summed E-state index contributed by atoms with van der Waals surface area (Å²) in [5.41, 5.74) is 2.71. The smallest absolute Gasteiger partial charge is 0.0413 e. The molecule has 0 unspecified atom stereocenters. The fraction of sp³-hybridized carbons (Fsp3) is 0.583. The highest BCUT2D eigenvalue weighted by molar-refractivity contribution is 9.10. The molecule has 1 N–H and O–H groups in total. The van der Waals surface area contributed by atoms with Crippen LogP contribution in [0.25, 0.3) is 0 Å². The van der Waals surface area contributed by atoms with Gasteiger partial charge in [0, 0.05) is 29.5 Å². The summed E-state index contributed by atoms with van der Waals surface area (Å²) in [5.74, 6) is 0.540. The van der Waals surface area contributed by atoms with Gasteiger partial charge in [-0.25, -0.2) is 0 Å². The molecule has 1 heterocycles. The molecular weight excluding hydrogens is 252 g/mol. The second-order valence-corrected chi connectivity index (χ2v) is 5.36.